The topological polar surface area (TPSA) is 21.3 Å². The second-order valence-corrected chi connectivity index (χ2v) is 5.16. The summed E-state index contributed by atoms with van der Waals surface area (Å²) in [5.74, 6) is 0. The first-order valence-electron chi connectivity index (χ1n) is 6.68. The zero-order chi connectivity index (χ0) is 14.1. The van der Waals surface area contributed by atoms with Gasteiger partial charge in [0.25, 0.3) is 0 Å². The Morgan fingerprint density at radius 3 is 2.22 bits per heavy atom. The highest BCUT2D eigenvalue weighted by molar-refractivity contribution is 4.76. The molecule has 1 atom stereocenters. The van der Waals surface area contributed by atoms with Gasteiger partial charge in [-0.2, -0.15) is 13.2 Å². The normalized spacial score (nSPS) is 15.7. The van der Waals surface area contributed by atoms with Gasteiger partial charge in [0.1, 0.15) is 6.61 Å². The average Bonchev–Trinajstić information content (AvgIpc) is 2.24. The predicted molar refractivity (Wildman–Crippen MR) is 67.7 cm³/mol. The molecule has 0 fully saturated rings. The Kier molecular flexibility index (Phi) is 8.61. The fourth-order valence-electron chi connectivity index (χ4n) is 1.98. The SMILES string of the molecule is CCCNCC(C)(CCC)CCOCC(F)(F)F. The average molecular weight is 269 g/mol. The first-order valence-corrected chi connectivity index (χ1v) is 6.68. The molecule has 0 heterocycles. The van der Waals surface area contributed by atoms with Crippen LogP contribution in [-0.4, -0.2) is 32.5 Å². The molecule has 0 saturated heterocycles. The molecule has 0 amide bonds. The highest BCUT2D eigenvalue weighted by Crippen LogP contribution is 2.27. The van der Waals surface area contributed by atoms with E-state index in [1.54, 1.807) is 0 Å². The van der Waals surface area contributed by atoms with Crippen LogP contribution in [0.15, 0.2) is 0 Å². The van der Waals surface area contributed by atoms with E-state index in [-0.39, 0.29) is 12.0 Å². The molecule has 0 radical (unpaired) electrons. The molecule has 1 unspecified atom stereocenters. The summed E-state index contributed by atoms with van der Waals surface area (Å²) in [5, 5.41) is 3.34. The van der Waals surface area contributed by atoms with Crippen molar-refractivity contribution in [1.82, 2.24) is 5.32 Å². The standard InChI is InChI=1S/C13H26F3NO/c1-4-6-12(3,10-17-8-5-2)7-9-18-11-13(14,15)16/h17H,4-11H2,1-3H3. The lowest BCUT2D eigenvalue weighted by Gasteiger charge is -2.29. The van der Waals surface area contributed by atoms with Crippen molar-refractivity contribution >= 4 is 0 Å². The van der Waals surface area contributed by atoms with Gasteiger partial charge in [0.15, 0.2) is 0 Å². The van der Waals surface area contributed by atoms with Crippen LogP contribution in [0.25, 0.3) is 0 Å². The van der Waals surface area contributed by atoms with E-state index in [1.807, 2.05) is 0 Å². The summed E-state index contributed by atoms with van der Waals surface area (Å²) in [6, 6.07) is 0. The maximum Gasteiger partial charge on any atom is 0.411 e. The number of rotatable bonds is 10. The van der Waals surface area contributed by atoms with Crippen LogP contribution in [-0.2, 0) is 4.74 Å². The minimum atomic E-state index is -4.22. The van der Waals surface area contributed by atoms with Crippen molar-refractivity contribution in [3.8, 4) is 0 Å². The van der Waals surface area contributed by atoms with Gasteiger partial charge in [0.05, 0.1) is 0 Å². The molecule has 1 N–H and O–H groups in total. The molecule has 0 aliphatic heterocycles. The van der Waals surface area contributed by atoms with Crippen molar-refractivity contribution in [2.24, 2.45) is 5.41 Å². The van der Waals surface area contributed by atoms with E-state index >= 15 is 0 Å². The molecule has 5 heteroatoms. The van der Waals surface area contributed by atoms with Gasteiger partial charge in [0, 0.05) is 13.2 Å². The van der Waals surface area contributed by atoms with Crippen LogP contribution in [0.5, 0.6) is 0 Å². The first-order chi connectivity index (χ1) is 8.33. The van der Waals surface area contributed by atoms with Gasteiger partial charge in [-0.3, -0.25) is 0 Å². The molecule has 0 aromatic heterocycles. The van der Waals surface area contributed by atoms with Crippen molar-refractivity contribution in [2.75, 3.05) is 26.3 Å². The van der Waals surface area contributed by atoms with E-state index in [9.17, 15) is 13.2 Å². The summed E-state index contributed by atoms with van der Waals surface area (Å²) < 4.78 is 40.5. The van der Waals surface area contributed by atoms with Crippen LogP contribution in [0.4, 0.5) is 13.2 Å². The summed E-state index contributed by atoms with van der Waals surface area (Å²) >= 11 is 0. The number of ether oxygens (including phenoxy) is 1. The van der Waals surface area contributed by atoms with E-state index in [4.69, 9.17) is 4.74 Å². The monoisotopic (exact) mass is 269 g/mol. The van der Waals surface area contributed by atoms with Crippen molar-refractivity contribution in [1.29, 1.82) is 0 Å². The van der Waals surface area contributed by atoms with Gasteiger partial charge in [-0.1, -0.05) is 27.2 Å². The van der Waals surface area contributed by atoms with Crippen molar-refractivity contribution in [3.05, 3.63) is 0 Å². The highest BCUT2D eigenvalue weighted by Gasteiger charge is 2.28. The van der Waals surface area contributed by atoms with E-state index in [0.29, 0.717) is 6.42 Å². The van der Waals surface area contributed by atoms with Gasteiger partial charge >= 0.3 is 6.18 Å². The summed E-state index contributed by atoms with van der Waals surface area (Å²) in [6.45, 7) is 7.11. The zero-order valence-corrected chi connectivity index (χ0v) is 11.7. The lowest BCUT2D eigenvalue weighted by atomic mass is 9.82. The summed E-state index contributed by atoms with van der Waals surface area (Å²) in [5.41, 5.74) is 0.0233. The molecular weight excluding hydrogens is 243 g/mol. The Morgan fingerprint density at radius 2 is 1.72 bits per heavy atom. The lowest BCUT2D eigenvalue weighted by Crippen LogP contribution is -2.33. The van der Waals surface area contributed by atoms with Gasteiger partial charge in [0.2, 0.25) is 0 Å². The van der Waals surface area contributed by atoms with E-state index in [1.165, 1.54) is 0 Å². The molecule has 0 aromatic rings. The molecule has 18 heavy (non-hydrogen) atoms. The zero-order valence-electron chi connectivity index (χ0n) is 11.7. The van der Waals surface area contributed by atoms with E-state index in [2.05, 4.69) is 26.1 Å². The van der Waals surface area contributed by atoms with Gasteiger partial charge in [-0.15, -0.1) is 0 Å². The van der Waals surface area contributed by atoms with Crippen LogP contribution in [0, 0.1) is 5.41 Å². The largest absolute Gasteiger partial charge is 0.411 e. The van der Waals surface area contributed by atoms with Crippen molar-refractivity contribution in [3.63, 3.8) is 0 Å². The molecule has 0 bridgehead atoms. The highest BCUT2D eigenvalue weighted by atomic mass is 19.4. The van der Waals surface area contributed by atoms with Gasteiger partial charge in [-0.05, 0) is 31.2 Å². The summed E-state index contributed by atoms with van der Waals surface area (Å²) in [7, 11) is 0. The van der Waals surface area contributed by atoms with E-state index in [0.717, 1.165) is 32.4 Å². The maximum atomic E-state index is 11.9. The molecule has 0 aliphatic carbocycles. The third kappa shape index (κ3) is 9.71. The summed E-state index contributed by atoms with van der Waals surface area (Å²) in [4.78, 5) is 0. The Hall–Kier alpha value is -0.290. The number of hydrogen-bond donors (Lipinski definition) is 1. The Bertz CT molecular complexity index is 209. The van der Waals surface area contributed by atoms with Gasteiger partial charge < -0.3 is 10.1 Å². The quantitative estimate of drug-likeness (QED) is 0.610. The number of nitrogens with one attached hydrogen (secondary N) is 1. The number of alkyl halides is 3. The van der Waals surface area contributed by atoms with Crippen molar-refractivity contribution in [2.45, 2.75) is 52.6 Å². The molecule has 0 rings (SSSR count). The maximum absolute atomic E-state index is 11.9. The Labute approximate surface area is 108 Å². The van der Waals surface area contributed by atoms with Crippen LogP contribution in [0.2, 0.25) is 0 Å². The fraction of sp³-hybridized carbons (Fsp3) is 1.00. The molecule has 0 spiro atoms. The van der Waals surface area contributed by atoms with Crippen LogP contribution in [0.1, 0.15) is 46.5 Å². The lowest BCUT2D eigenvalue weighted by molar-refractivity contribution is -0.175. The third-order valence-corrected chi connectivity index (χ3v) is 2.95. The predicted octanol–water partition coefficient (Wildman–Crippen LogP) is 3.76. The fourth-order valence-corrected chi connectivity index (χ4v) is 1.98. The Morgan fingerprint density at radius 1 is 1.06 bits per heavy atom. The molecular formula is C13H26F3NO. The van der Waals surface area contributed by atoms with Crippen LogP contribution in [0.3, 0.4) is 0 Å². The second kappa shape index (κ2) is 8.75. The number of hydrogen-bond acceptors (Lipinski definition) is 2. The molecule has 0 saturated carbocycles. The minimum Gasteiger partial charge on any atom is -0.372 e. The number of halogens is 3. The van der Waals surface area contributed by atoms with Crippen LogP contribution < -0.4 is 5.32 Å². The minimum absolute atomic E-state index is 0.0233. The smallest absolute Gasteiger partial charge is 0.372 e. The molecule has 2 nitrogen and oxygen atoms in total. The van der Waals surface area contributed by atoms with Gasteiger partial charge in [-0.25, -0.2) is 0 Å². The van der Waals surface area contributed by atoms with E-state index < -0.39 is 12.8 Å². The first kappa shape index (κ1) is 17.7. The summed E-state index contributed by atoms with van der Waals surface area (Å²) in [6.07, 6.45) is -0.468. The Balaban J connectivity index is 3.94. The second-order valence-electron chi connectivity index (χ2n) is 5.16. The molecule has 0 aliphatic rings. The molecule has 110 valence electrons. The third-order valence-electron chi connectivity index (χ3n) is 2.95. The van der Waals surface area contributed by atoms with Crippen molar-refractivity contribution < 1.29 is 17.9 Å². The van der Waals surface area contributed by atoms with Crippen LogP contribution >= 0.6 is 0 Å². The molecule has 0 aromatic carbocycles.